The van der Waals surface area contributed by atoms with E-state index in [2.05, 4.69) is 31.0 Å². The fourth-order valence-electron chi connectivity index (χ4n) is 4.88. The van der Waals surface area contributed by atoms with Gasteiger partial charge in [-0.1, -0.05) is 0 Å². The highest BCUT2D eigenvalue weighted by molar-refractivity contribution is 5.98. The molecule has 3 aromatic rings. The van der Waals surface area contributed by atoms with Gasteiger partial charge in [-0.15, -0.1) is 0 Å². The Bertz CT molecular complexity index is 1340. The molecule has 0 saturated heterocycles. The molecule has 2 aliphatic carbocycles. The summed E-state index contributed by atoms with van der Waals surface area (Å²) in [6.45, 7) is 5.40. The number of nitrogens with zero attached hydrogens (tertiary/aromatic N) is 4. The lowest BCUT2D eigenvalue weighted by atomic mass is 9.90. The number of alkyl carbamates (subject to hydrolysis) is 1. The van der Waals surface area contributed by atoms with E-state index in [1.54, 1.807) is 62.4 Å². The zero-order valence-corrected chi connectivity index (χ0v) is 21.4. The lowest BCUT2D eigenvalue weighted by Crippen LogP contribution is -2.50. The lowest BCUT2D eigenvalue weighted by molar-refractivity contribution is 0.0487. The number of hydrogen-bond donors (Lipinski definition) is 4. The molecule has 2 amide bonds. The summed E-state index contributed by atoms with van der Waals surface area (Å²) in [6.07, 6.45) is 8.66. The predicted molar refractivity (Wildman–Crippen MR) is 139 cm³/mol. The van der Waals surface area contributed by atoms with Crippen molar-refractivity contribution in [1.29, 1.82) is 0 Å². The van der Waals surface area contributed by atoms with E-state index in [1.807, 2.05) is 0 Å². The molecule has 11 nitrogen and oxygen atoms in total. The van der Waals surface area contributed by atoms with Gasteiger partial charge in [-0.3, -0.25) is 9.78 Å². The molecule has 2 fully saturated rings. The summed E-state index contributed by atoms with van der Waals surface area (Å²) in [4.78, 5) is 33.2. The smallest absolute Gasteiger partial charge is 0.407 e. The Morgan fingerprint density at radius 3 is 2.55 bits per heavy atom. The molecule has 5 rings (SSSR count). The van der Waals surface area contributed by atoms with Crippen LogP contribution in [0, 0.1) is 17.7 Å². The molecule has 0 spiro atoms. The van der Waals surface area contributed by atoms with Crippen molar-refractivity contribution in [3.05, 3.63) is 54.4 Å². The van der Waals surface area contributed by atoms with Crippen molar-refractivity contribution in [3.8, 4) is 5.69 Å². The number of hydrogen-bond acceptors (Lipinski definition) is 8. The van der Waals surface area contributed by atoms with Crippen LogP contribution in [0.3, 0.4) is 0 Å². The number of ether oxygens (including phenoxy) is 1. The topological polar surface area (TPSA) is 149 Å². The maximum atomic E-state index is 15.2. The molecule has 12 heteroatoms. The number of halogens is 1. The number of pyridine rings is 2. The van der Waals surface area contributed by atoms with Crippen molar-refractivity contribution in [2.24, 2.45) is 17.6 Å². The summed E-state index contributed by atoms with van der Waals surface area (Å²) in [6, 6.07) is 4.06. The Morgan fingerprint density at radius 1 is 1.11 bits per heavy atom. The standard InChI is InChI=1S/C26H31FN8O3/c1-26(2,3)38-25(37)33-21-9-15-7-14(15)8-20(21)32-24-19(27)11-18(22(28)36)23(34-24)31-16-10-17(13-29-12-16)35-6-4-5-30-35/h4-6,10-15,20-21H,7-9H2,1-3H3,(H2,28,36)(H,33,37)(H2,31,32,34)/t14?,15?,20-,21+/m0/s1. The number of nitrogens with one attached hydrogen (secondary N) is 3. The molecule has 2 aliphatic rings. The molecular weight excluding hydrogens is 491 g/mol. The third kappa shape index (κ3) is 5.84. The fourth-order valence-corrected chi connectivity index (χ4v) is 4.88. The monoisotopic (exact) mass is 522 g/mol. The third-order valence-electron chi connectivity index (χ3n) is 6.69. The number of fused-ring (bicyclic) bond motifs is 1. The number of anilines is 3. The van der Waals surface area contributed by atoms with Crippen molar-refractivity contribution < 1.29 is 18.7 Å². The fraction of sp³-hybridized carbons (Fsp3) is 0.423. The average Bonchev–Trinajstić information content (AvgIpc) is 3.35. The van der Waals surface area contributed by atoms with Crippen LogP contribution in [-0.2, 0) is 4.74 Å². The van der Waals surface area contributed by atoms with E-state index in [-0.39, 0.29) is 29.3 Å². The van der Waals surface area contributed by atoms with Crippen LogP contribution >= 0.6 is 0 Å². The molecule has 0 aromatic carbocycles. The van der Waals surface area contributed by atoms with Gasteiger partial charge in [-0.25, -0.2) is 18.9 Å². The largest absolute Gasteiger partial charge is 0.444 e. The van der Waals surface area contributed by atoms with Gasteiger partial charge in [0.05, 0.1) is 35.4 Å². The van der Waals surface area contributed by atoms with Gasteiger partial charge in [0.2, 0.25) is 0 Å². The van der Waals surface area contributed by atoms with Gasteiger partial charge in [0.25, 0.3) is 5.91 Å². The molecule has 38 heavy (non-hydrogen) atoms. The minimum Gasteiger partial charge on any atom is -0.444 e. The molecule has 200 valence electrons. The van der Waals surface area contributed by atoms with Crippen LogP contribution in [0.1, 0.15) is 50.4 Å². The van der Waals surface area contributed by atoms with E-state index in [1.165, 1.54) is 0 Å². The summed E-state index contributed by atoms with van der Waals surface area (Å²) < 4.78 is 22.2. The number of carbonyl (C=O) groups is 2. The van der Waals surface area contributed by atoms with E-state index in [9.17, 15) is 9.59 Å². The highest BCUT2D eigenvalue weighted by atomic mass is 19.1. The first kappa shape index (κ1) is 25.4. The summed E-state index contributed by atoms with van der Waals surface area (Å²) in [5.74, 6) is -0.460. The minimum absolute atomic E-state index is 0.0474. The number of carbonyl (C=O) groups excluding carboxylic acids is 2. The summed E-state index contributed by atoms with van der Waals surface area (Å²) in [5, 5.41) is 13.3. The van der Waals surface area contributed by atoms with Crippen molar-refractivity contribution in [2.75, 3.05) is 10.6 Å². The average molecular weight is 523 g/mol. The van der Waals surface area contributed by atoms with E-state index < -0.39 is 23.4 Å². The normalized spacial score (nSPS) is 22.2. The number of aromatic nitrogens is 4. The minimum atomic E-state index is -0.829. The quantitative estimate of drug-likeness (QED) is 0.367. The SMILES string of the molecule is CC(C)(C)OC(=O)N[C@@H]1CC2CC2C[C@@H]1Nc1nc(Nc2cncc(-n3cccn3)c2)c(C(N)=O)cc1F. The first-order valence-corrected chi connectivity index (χ1v) is 12.5. The molecule has 0 radical (unpaired) electrons. The van der Waals surface area contributed by atoms with Gasteiger partial charge in [0.15, 0.2) is 11.6 Å². The van der Waals surface area contributed by atoms with Crippen LogP contribution in [0.2, 0.25) is 0 Å². The highest BCUT2D eigenvalue weighted by Gasteiger charge is 2.47. The number of nitrogens with two attached hydrogens (primary N) is 1. The van der Waals surface area contributed by atoms with Crippen LogP contribution in [0.15, 0.2) is 43.0 Å². The maximum Gasteiger partial charge on any atom is 0.407 e. The Balaban J connectivity index is 1.39. The Labute approximate surface area is 219 Å². The van der Waals surface area contributed by atoms with Gasteiger partial charge in [0, 0.05) is 18.4 Å². The summed E-state index contributed by atoms with van der Waals surface area (Å²) in [7, 11) is 0. The second-order valence-electron chi connectivity index (χ2n) is 10.8. The first-order chi connectivity index (χ1) is 18.1. The van der Waals surface area contributed by atoms with Crippen LogP contribution in [0.25, 0.3) is 5.69 Å². The molecule has 3 heterocycles. The van der Waals surface area contributed by atoms with Crippen molar-refractivity contribution in [2.45, 2.75) is 57.7 Å². The number of primary amides is 1. The van der Waals surface area contributed by atoms with E-state index >= 15 is 4.39 Å². The molecule has 2 unspecified atom stereocenters. The number of rotatable bonds is 7. The molecule has 3 aromatic heterocycles. The van der Waals surface area contributed by atoms with Gasteiger partial charge in [0.1, 0.15) is 11.4 Å². The number of amides is 2. The third-order valence-corrected chi connectivity index (χ3v) is 6.69. The first-order valence-electron chi connectivity index (χ1n) is 12.5. The molecular formula is C26H31FN8O3. The molecule has 0 aliphatic heterocycles. The maximum absolute atomic E-state index is 15.2. The van der Waals surface area contributed by atoms with Crippen molar-refractivity contribution >= 4 is 29.3 Å². The van der Waals surface area contributed by atoms with Gasteiger partial charge < -0.3 is 26.4 Å². The Hall–Kier alpha value is -4.22. The van der Waals surface area contributed by atoms with Crippen LogP contribution in [0.4, 0.5) is 26.5 Å². The highest BCUT2D eigenvalue weighted by Crippen LogP contribution is 2.50. The summed E-state index contributed by atoms with van der Waals surface area (Å²) in [5.41, 5.74) is 5.98. The molecule has 4 atom stereocenters. The lowest BCUT2D eigenvalue weighted by Gasteiger charge is -2.33. The van der Waals surface area contributed by atoms with E-state index in [4.69, 9.17) is 10.5 Å². The van der Waals surface area contributed by atoms with Crippen molar-refractivity contribution in [3.63, 3.8) is 0 Å². The Kier molecular flexibility index (Phi) is 6.64. The van der Waals surface area contributed by atoms with Crippen LogP contribution < -0.4 is 21.7 Å². The summed E-state index contributed by atoms with van der Waals surface area (Å²) >= 11 is 0. The molecule has 5 N–H and O–H groups in total. The zero-order chi connectivity index (χ0) is 27.0. The zero-order valence-electron chi connectivity index (χ0n) is 21.4. The molecule has 0 bridgehead atoms. The van der Waals surface area contributed by atoms with Crippen LogP contribution in [0.5, 0.6) is 0 Å². The van der Waals surface area contributed by atoms with Gasteiger partial charge in [-0.05, 0) is 70.1 Å². The van der Waals surface area contributed by atoms with Gasteiger partial charge in [-0.2, -0.15) is 5.10 Å². The second kappa shape index (κ2) is 9.92. The Morgan fingerprint density at radius 2 is 1.87 bits per heavy atom. The van der Waals surface area contributed by atoms with E-state index in [0.29, 0.717) is 23.2 Å². The van der Waals surface area contributed by atoms with Crippen LogP contribution in [-0.4, -0.2) is 49.4 Å². The van der Waals surface area contributed by atoms with E-state index in [0.717, 1.165) is 25.3 Å². The second-order valence-corrected chi connectivity index (χ2v) is 10.8. The van der Waals surface area contributed by atoms with Crippen molar-refractivity contribution in [1.82, 2.24) is 25.1 Å². The molecule has 2 saturated carbocycles. The van der Waals surface area contributed by atoms with Gasteiger partial charge >= 0.3 is 6.09 Å². The predicted octanol–water partition coefficient (Wildman–Crippen LogP) is 3.75.